The number of carbonyl (C=O) groups excluding carboxylic acids is 1. The molecule has 0 radical (unpaired) electrons. The molecule has 4 nitrogen and oxygen atoms in total. The summed E-state index contributed by atoms with van der Waals surface area (Å²) in [5.41, 5.74) is 1.74. The molecule has 0 N–H and O–H groups in total. The fourth-order valence-electron chi connectivity index (χ4n) is 2.56. The molecule has 2 aromatic carbocycles. The molecule has 3 aromatic rings. The van der Waals surface area contributed by atoms with Gasteiger partial charge in [0.25, 0.3) is 5.91 Å². The average molecular weight is 306 g/mol. The Morgan fingerprint density at radius 1 is 1.04 bits per heavy atom. The first-order valence-electron chi connectivity index (χ1n) is 7.39. The van der Waals surface area contributed by atoms with Crippen molar-refractivity contribution < 1.29 is 9.53 Å². The Balaban J connectivity index is 1.79. The maximum atomic E-state index is 12.4. The van der Waals surface area contributed by atoms with Crippen molar-refractivity contribution in [1.82, 2.24) is 9.88 Å². The molecule has 23 heavy (non-hydrogen) atoms. The third-order valence-electron chi connectivity index (χ3n) is 3.81. The third kappa shape index (κ3) is 3.31. The van der Waals surface area contributed by atoms with Crippen LogP contribution < -0.4 is 4.74 Å². The smallest absolute Gasteiger partial charge is 0.254 e. The highest BCUT2D eigenvalue weighted by Gasteiger charge is 2.11. The van der Waals surface area contributed by atoms with Crippen molar-refractivity contribution in [3.8, 4) is 5.75 Å². The lowest BCUT2D eigenvalue weighted by atomic mass is 10.1. The summed E-state index contributed by atoms with van der Waals surface area (Å²) in [7, 11) is 3.47. The molecule has 0 aliphatic carbocycles. The third-order valence-corrected chi connectivity index (χ3v) is 3.81. The van der Waals surface area contributed by atoms with E-state index in [0.717, 1.165) is 22.1 Å². The zero-order valence-corrected chi connectivity index (χ0v) is 13.2. The number of ether oxygens (including phenoxy) is 1. The number of nitrogens with zero attached hydrogens (tertiary/aromatic N) is 2. The van der Waals surface area contributed by atoms with E-state index in [1.807, 2.05) is 24.3 Å². The zero-order chi connectivity index (χ0) is 16.2. The van der Waals surface area contributed by atoms with Crippen LogP contribution in [0.5, 0.6) is 5.75 Å². The molecule has 1 amide bonds. The maximum Gasteiger partial charge on any atom is 0.254 e. The van der Waals surface area contributed by atoms with E-state index in [1.54, 1.807) is 43.6 Å². The van der Waals surface area contributed by atoms with Crippen LogP contribution in [-0.4, -0.2) is 29.9 Å². The van der Waals surface area contributed by atoms with Crippen LogP contribution in [0.25, 0.3) is 10.8 Å². The second-order valence-corrected chi connectivity index (χ2v) is 5.44. The lowest BCUT2D eigenvalue weighted by Crippen LogP contribution is -2.26. The Morgan fingerprint density at radius 2 is 1.74 bits per heavy atom. The number of methoxy groups -OCH3 is 1. The van der Waals surface area contributed by atoms with Gasteiger partial charge in [-0.25, -0.2) is 0 Å². The van der Waals surface area contributed by atoms with Gasteiger partial charge < -0.3 is 9.64 Å². The van der Waals surface area contributed by atoms with Crippen molar-refractivity contribution >= 4 is 16.7 Å². The van der Waals surface area contributed by atoms with Crippen LogP contribution in [0.4, 0.5) is 0 Å². The standard InChI is InChI=1S/C19H18N2O2/c1-21(19(22)15-7-9-20-10-8-15)13-14-3-4-17-12-18(23-2)6-5-16(17)11-14/h3-12H,13H2,1-2H3. The molecule has 0 aliphatic heterocycles. The fraction of sp³-hybridized carbons (Fsp3) is 0.158. The predicted octanol–water partition coefficient (Wildman–Crippen LogP) is 3.52. The first-order chi connectivity index (χ1) is 11.2. The molecule has 1 aromatic heterocycles. The van der Waals surface area contributed by atoms with Gasteiger partial charge in [0.1, 0.15) is 5.75 Å². The highest BCUT2D eigenvalue weighted by atomic mass is 16.5. The Kier molecular flexibility index (Phi) is 4.24. The minimum atomic E-state index is -0.0118. The monoisotopic (exact) mass is 306 g/mol. The summed E-state index contributed by atoms with van der Waals surface area (Å²) in [6, 6.07) is 15.6. The highest BCUT2D eigenvalue weighted by molar-refractivity contribution is 5.94. The van der Waals surface area contributed by atoms with Gasteiger partial charge in [-0.3, -0.25) is 9.78 Å². The summed E-state index contributed by atoms with van der Waals surface area (Å²) in [6.07, 6.45) is 3.26. The van der Waals surface area contributed by atoms with Gasteiger partial charge >= 0.3 is 0 Å². The van der Waals surface area contributed by atoms with Crippen molar-refractivity contribution in [3.63, 3.8) is 0 Å². The number of rotatable bonds is 4. The molecule has 1 heterocycles. The second kappa shape index (κ2) is 6.48. The van der Waals surface area contributed by atoms with E-state index in [-0.39, 0.29) is 5.91 Å². The summed E-state index contributed by atoms with van der Waals surface area (Å²) in [5.74, 6) is 0.831. The van der Waals surface area contributed by atoms with Gasteiger partial charge in [-0.05, 0) is 46.7 Å². The van der Waals surface area contributed by atoms with Gasteiger partial charge in [-0.2, -0.15) is 0 Å². The van der Waals surface area contributed by atoms with Crippen LogP contribution in [-0.2, 0) is 6.54 Å². The van der Waals surface area contributed by atoms with E-state index in [2.05, 4.69) is 17.1 Å². The Bertz CT molecular complexity index is 831. The summed E-state index contributed by atoms with van der Waals surface area (Å²) >= 11 is 0. The van der Waals surface area contributed by atoms with Gasteiger partial charge in [0.2, 0.25) is 0 Å². The first-order valence-corrected chi connectivity index (χ1v) is 7.39. The van der Waals surface area contributed by atoms with Crippen LogP contribution in [0.15, 0.2) is 60.9 Å². The Morgan fingerprint density at radius 3 is 2.48 bits per heavy atom. The Hall–Kier alpha value is -2.88. The van der Waals surface area contributed by atoms with E-state index in [9.17, 15) is 4.79 Å². The molecular weight excluding hydrogens is 288 g/mol. The minimum absolute atomic E-state index is 0.0118. The molecule has 0 aliphatic rings. The molecular formula is C19H18N2O2. The van der Waals surface area contributed by atoms with Gasteiger partial charge in [-0.1, -0.05) is 18.2 Å². The number of aromatic nitrogens is 1. The number of hydrogen-bond donors (Lipinski definition) is 0. The summed E-state index contributed by atoms with van der Waals surface area (Å²) in [5, 5.41) is 2.25. The summed E-state index contributed by atoms with van der Waals surface area (Å²) in [6.45, 7) is 0.559. The molecule has 4 heteroatoms. The lowest BCUT2D eigenvalue weighted by Gasteiger charge is -2.17. The molecule has 3 rings (SSSR count). The molecule has 0 unspecified atom stereocenters. The molecule has 0 fully saturated rings. The van der Waals surface area contributed by atoms with Crippen LogP contribution in [0, 0.1) is 0 Å². The topological polar surface area (TPSA) is 42.4 Å². The van der Waals surface area contributed by atoms with Crippen molar-refractivity contribution in [2.24, 2.45) is 0 Å². The van der Waals surface area contributed by atoms with Crippen molar-refractivity contribution in [2.45, 2.75) is 6.54 Å². The Labute approximate surface area is 135 Å². The molecule has 0 saturated carbocycles. The summed E-state index contributed by atoms with van der Waals surface area (Å²) in [4.78, 5) is 18.0. The van der Waals surface area contributed by atoms with Crippen LogP contribution in [0.2, 0.25) is 0 Å². The van der Waals surface area contributed by atoms with Crippen LogP contribution >= 0.6 is 0 Å². The highest BCUT2D eigenvalue weighted by Crippen LogP contribution is 2.22. The normalized spacial score (nSPS) is 10.5. The molecule has 116 valence electrons. The average Bonchev–Trinajstić information content (AvgIpc) is 2.61. The summed E-state index contributed by atoms with van der Waals surface area (Å²) < 4.78 is 5.24. The largest absolute Gasteiger partial charge is 0.497 e. The number of benzene rings is 2. The van der Waals surface area contributed by atoms with Gasteiger partial charge in [-0.15, -0.1) is 0 Å². The molecule has 0 spiro atoms. The van der Waals surface area contributed by atoms with Gasteiger partial charge in [0, 0.05) is 31.5 Å². The van der Waals surface area contributed by atoms with E-state index < -0.39 is 0 Å². The van der Waals surface area contributed by atoms with Crippen LogP contribution in [0.1, 0.15) is 15.9 Å². The number of hydrogen-bond acceptors (Lipinski definition) is 3. The predicted molar refractivity (Wildman–Crippen MR) is 90.5 cm³/mol. The fourth-order valence-corrected chi connectivity index (χ4v) is 2.56. The van der Waals surface area contributed by atoms with Crippen molar-refractivity contribution in [3.05, 3.63) is 72.1 Å². The van der Waals surface area contributed by atoms with E-state index in [4.69, 9.17) is 4.74 Å². The van der Waals surface area contributed by atoms with E-state index >= 15 is 0 Å². The quantitative estimate of drug-likeness (QED) is 0.740. The molecule has 0 saturated heterocycles. The SMILES string of the molecule is COc1ccc2cc(CN(C)C(=O)c3ccncc3)ccc2c1. The van der Waals surface area contributed by atoms with E-state index in [0.29, 0.717) is 12.1 Å². The zero-order valence-electron chi connectivity index (χ0n) is 13.2. The molecule has 0 atom stereocenters. The molecule has 0 bridgehead atoms. The number of amides is 1. The minimum Gasteiger partial charge on any atom is -0.497 e. The maximum absolute atomic E-state index is 12.4. The number of carbonyl (C=O) groups is 1. The number of pyridine rings is 1. The second-order valence-electron chi connectivity index (χ2n) is 5.44. The lowest BCUT2D eigenvalue weighted by molar-refractivity contribution is 0.0785. The van der Waals surface area contributed by atoms with E-state index in [1.165, 1.54) is 0 Å². The van der Waals surface area contributed by atoms with Crippen molar-refractivity contribution in [1.29, 1.82) is 0 Å². The van der Waals surface area contributed by atoms with Crippen LogP contribution in [0.3, 0.4) is 0 Å². The number of fused-ring (bicyclic) bond motifs is 1. The van der Waals surface area contributed by atoms with Gasteiger partial charge in [0.15, 0.2) is 0 Å². The van der Waals surface area contributed by atoms with Gasteiger partial charge in [0.05, 0.1) is 7.11 Å². The van der Waals surface area contributed by atoms with Crippen molar-refractivity contribution in [2.75, 3.05) is 14.2 Å². The first kappa shape index (κ1) is 15.0.